The van der Waals surface area contributed by atoms with Crippen LogP contribution in [-0.2, 0) is 14.3 Å². The molecule has 0 aliphatic rings. The zero-order valence-corrected chi connectivity index (χ0v) is 13.1. The Morgan fingerprint density at radius 2 is 1.84 bits per heavy atom. The van der Waals surface area contributed by atoms with Crippen molar-refractivity contribution in [1.82, 2.24) is 5.32 Å². The third-order valence-corrected chi connectivity index (χ3v) is 2.99. The fourth-order valence-electron chi connectivity index (χ4n) is 1.60. The summed E-state index contributed by atoms with van der Waals surface area (Å²) in [6.07, 6.45) is 2.23. The maximum absolute atomic E-state index is 11.8. The SMILES string of the molecule is CCCC(N)C(=O)NC(C(=O)OCC)C(C)CC.Cl. The first-order chi connectivity index (χ1) is 8.47. The van der Waals surface area contributed by atoms with Crippen molar-refractivity contribution in [3.8, 4) is 0 Å². The van der Waals surface area contributed by atoms with Gasteiger partial charge in [-0.25, -0.2) is 4.79 Å². The smallest absolute Gasteiger partial charge is 0.328 e. The number of nitrogens with one attached hydrogen (secondary N) is 1. The molecule has 3 atom stereocenters. The molecule has 6 heteroatoms. The molecule has 0 aliphatic carbocycles. The summed E-state index contributed by atoms with van der Waals surface area (Å²) in [6.45, 7) is 7.89. The predicted octanol–water partition coefficient (Wildman–Crippen LogP) is 1.63. The van der Waals surface area contributed by atoms with Crippen LogP contribution >= 0.6 is 12.4 Å². The van der Waals surface area contributed by atoms with Crippen molar-refractivity contribution in [1.29, 1.82) is 0 Å². The molecule has 0 bridgehead atoms. The lowest BCUT2D eigenvalue weighted by molar-refractivity contribution is -0.149. The molecule has 0 heterocycles. The van der Waals surface area contributed by atoms with Gasteiger partial charge >= 0.3 is 5.97 Å². The van der Waals surface area contributed by atoms with Crippen LogP contribution in [0.15, 0.2) is 0 Å². The summed E-state index contributed by atoms with van der Waals surface area (Å²) in [6, 6.07) is -1.17. The molecule has 0 fully saturated rings. The number of hydrogen-bond donors (Lipinski definition) is 2. The number of halogens is 1. The predicted molar refractivity (Wildman–Crippen MR) is 78.2 cm³/mol. The minimum atomic E-state index is -0.606. The monoisotopic (exact) mass is 294 g/mol. The molecule has 3 unspecified atom stereocenters. The molecule has 19 heavy (non-hydrogen) atoms. The van der Waals surface area contributed by atoms with Gasteiger partial charge in [0.2, 0.25) is 5.91 Å². The lowest BCUT2D eigenvalue weighted by atomic mass is 9.98. The fraction of sp³-hybridized carbons (Fsp3) is 0.846. The van der Waals surface area contributed by atoms with E-state index in [0.717, 1.165) is 12.8 Å². The minimum Gasteiger partial charge on any atom is -0.464 e. The Bertz CT molecular complexity index is 275. The fourth-order valence-corrected chi connectivity index (χ4v) is 1.60. The van der Waals surface area contributed by atoms with Crippen molar-refractivity contribution < 1.29 is 14.3 Å². The van der Waals surface area contributed by atoms with E-state index in [0.29, 0.717) is 13.0 Å². The standard InChI is InChI=1S/C13H26N2O3.ClH/c1-5-8-10(14)12(16)15-11(9(4)6-2)13(17)18-7-3;/h9-11H,5-8,14H2,1-4H3,(H,15,16);1H. The van der Waals surface area contributed by atoms with E-state index in [1.54, 1.807) is 6.92 Å². The molecule has 1 amide bonds. The maximum atomic E-state index is 11.8. The second-order valence-corrected chi connectivity index (χ2v) is 4.52. The van der Waals surface area contributed by atoms with Gasteiger partial charge in [0.25, 0.3) is 0 Å². The molecule has 0 rings (SSSR count). The second-order valence-electron chi connectivity index (χ2n) is 4.52. The average Bonchev–Trinajstić information content (AvgIpc) is 2.35. The van der Waals surface area contributed by atoms with Gasteiger partial charge in [0, 0.05) is 0 Å². The molecule has 0 saturated carbocycles. The van der Waals surface area contributed by atoms with Crippen LogP contribution in [0.5, 0.6) is 0 Å². The number of carbonyl (C=O) groups is 2. The highest BCUT2D eigenvalue weighted by Gasteiger charge is 2.28. The molecule has 0 radical (unpaired) electrons. The number of carbonyl (C=O) groups excluding carboxylic acids is 2. The van der Waals surface area contributed by atoms with Crippen LogP contribution in [-0.4, -0.2) is 30.6 Å². The Morgan fingerprint density at radius 1 is 1.26 bits per heavy atom. The number of nitrogens with two attached hydrogens (primary N) is 1. The van der Waals surface area contributed by atoms with E-state index in [2.05, 4.69) is 5.32 Å². The lowest BCUT2D eigenvalue weighted by Crippen LogP contribution is -2.51. The van der Waals surface area contributed by atoms with Gasteiger partial charge in [-0.15, -0.1) is 12.4 Å². The van der Waals surface area contributed by atoms with E-state index >= 15 is 0 Å². The van der Waals surface area contributed by atoms with Crippen molar-refractivity contribution in [3.05, 3.63) is 0 Å². The largest absolute Gasteiger partial charge is 0.464 e. The van der Waals surface area contributed by atoms with E-state index in [-0.39, 0.29) is 30.2 Å². The Labute approximate surface area is 122 Å². The molecule has 114 valence electrons. The van der Waals surface area contributed by atoms with Crippen LogP contribution in [0.2, 0.25) is 0 Å². The molecule has 3 N–H and O–H groups in total. The maximum Gasteiger partial charge on any atom is 0.328 e. The summed E-state index contributed by atoms with van der Waals surface area (Å²) in [7, 11) is 0. The van der Waals surface area contributed by atoms with Crippen LogP contribution in [0.3, 0.4) is 0 Å². The minimum absolute atomic E-state index is 0. The highest BCUT2D eigenvalue weighted by molar-refractivity contribution is 5.87. The van der Waals surface area contributed by atoms with Crippen molar-refractivity contribution in [2.24, 2.45) is 11.7 Å². The van der Waals surface area contributed by atoms with Crippen molar-refractivity contribution >= 4 is 24.3 Å². The third kappa shape index (κ3) is 7.38. The molecule has 0 spiro atoms. The third-order valence-electron chi connectivity index (χ3n) is 2.99. The van der Waals surface area contributed by atoms with E-state index in [9.17, 15) is 9.59 Å². The van der Waals surface area contributed by atoms with Gasteiger partial charge in [-0.05, 0) is 19.3 Å². The van der Waals surface area contributed by atoms with Crippen LogP contribution in [0, 0.1) is 5.92 Å². The van der Waals surface area contributed by atoms with E-state index in [1.807, 2.05) is 20.8 Å². The molecular weight excluding hydrogens is 268 g/mol. The molecule has 5 nitrogen and oxygen atoms in total. The van der Waals surface area contributed by atoms with E-state index < -0.39 is 12.1 Å². The Balaban J connectivity index is 0. The summed E-state index contributed by atoms with van der Waals surface area (Å²) in [4.78, 5) is 23.6. The number of rotatable bonds is 8. The van der Waals surface area contributed by atoms with Gasteiger partial charge in [0.05, 0.1) is 12.6 Å². The number of esters is 1. The molecule has 0 aromatic carbocycles. The van der Waals surface area contributed by atoms with Crippen LogP contribution in [0.4, 0.5) is 0 Å². The number of ether oxygens (including phenoxy) is 1. The van der Waals surface area contributed by atoms with Crippen molar-refractivity contribution in [2.75, 3.05) is 6.61 Å². The molecule has 0 aromatic rings. The zero-order valence-electron chi connectivity index (χ0n) is 12.3. The van der Waals surface area contributed by atoms with Crippen LogP contribution < -0.4 is 11.1 Å². The Kier molecular flexibility index (Phi) is 11.9. The first kappa shape index (κ1) is 20.5. The van der Waals surface area contributed by atoms with Gasteiger partial charge in [0.15, 0.2) is 0 Å². The molecular formula is C13H27ClN2O3. The summed E-state index contributed by atoms with van der Waals surface area (Å²) in [5, 5.41) is 2.70. The van der Waals surface area contributed by atoms with Gasteiger partial charge in [-0.2, -0.15) is 0 Å². The quantitative estimate of drug-likeness (QED) is 0.667. The van der Waals surface area contributed by atoms with E-state index in [4.69, 9.17) is 10.5 Å². The highest BCUT2D eigenvalue weighted by atomic mass is 35.5. The normalized spacial score (nSPS) is 14.8. The first-order valence-electron chi connectivity index (χ1n) is 6.70. The summed E-state index contributed by atoms with van der Waals surface area (Å²) in [5.74, 6) is -0.638. The van der Waals surface area contributed by atoms with Crippen LogP contribution in [0.1, 0.15) is 47.0 Å². The number of amides is 1. The van der Waals surface area contributed by atoms with Crippen molar-refractivity contribution in [2.45, 2.75) is 59.0 Å². The molecule has 0 aliphatic heterocycles. The average molecular weight is 295 g/mol. The zero-order chi connectivity index (χ0) is 14.1. The van der Waals surface area contributed by atoms with Gasteiger partial charge in [-0.1, -0.05) is 33.6 Å². The Hall–Kier alpha value is -0.810. The Morgan fingerprint density at radius 3 is 2.26 bits per heavy atom. The van der Waals surface area contributed by atoms with Gasteiger partial charge in [0.1, 0.15) is 6.04 Å². The summed E-state index contributed by atoms with van der Waals surface area (Å²) < 4.78 is 4.97. The summed E-state index contributed by atoms with van der Waals surface area (Å²) in [5.41, 5.74) is 5.73. The highest BCUT2D eigenvalue weighted by Crippen LogP contribution is 2.10. The first-order valence-corrected chi connectivity index (χ1v) is 6.70. The molecule has 0 saturated heterocycles. The topological polar surface area (TPSA) is 81.4 Å². The molecule has 0 aromatic heterocycles. The van der Waals surface area contributed by atoms with Crippen LogP contribution in [0.25, 0.3) is 0 Å². The van der Waals surface area contributed by atoms with Gasteiger partial charge in [-0.3, -0.25) is 4.79 Å². The van der Waals surface area contributed by atoms with Crippen molar-refractivity contribution in [3.63, 3.8) is 0 Å². The number of hydrogen-bond acceptors (Lipinski definition) is 4. The van der Waals surface area contributed by atoms with E-state index in [1.165, 1.54) is 0 Å². The van der Waals surface area contributed by atoms with Gasteiger partial charge < -0.3 is 15.8 Å². The lowest BCUT2D eigenvalue weighted by Gasteiger charge is -2.24. The summed E-state index contributed by atoms with van der Waals surface area (Å²) >= 11 is 0. The second kappa shape index (κ2) is 11.1.